The third-order valence-electron chi connectivity index (χ3n) is 4.95. The van der Waals surface area contributed by atoms with E-state index in [1.54, 1.807) is 19.1 Å². The van der Waals surface area contributed by atoms with E-state index in [4.69, 9.17) is 0 Å². The molecule has 0 spiro atoms. The summed E-state index contributed by atoms with van der Waals surface area (Å²) in [4.78, 5) is 16.8. The standard InChI is InChI=1S/C18H26FN3O/c1-14-11-16(5-6-17(14)19)20-18(23)22-10-7-15(13-22)12-21-8-3-2-4-9-21/h5-6,11,15H,2-4,7-10,12-13H2,1H3,(H,20,23)/t15-/m1/s1. The summed E-state index contributed by atoms with van der Waals surface area (Å²) in [6.07, 6.45) is 5.04. The summed E-state index contributed by atoms with van der Waals surface area (Å²) in [6, 6.07) is 4.61. The maximum Gasteiger partial charge on any atom is 0.321 e. The van der Waals surface area contributed by atoms with E-state index in [0.717, 1.165) is 26.1 Å². The largest absolute Gasteiger partial charge is 0.324 e. The Morgan fingerprint density at radius 2 is 2.04 bits per heavy atom. The molecular weight excluding hydrogens is 293 g/mol. The first kappa shape index (κ1) is 16.2. The highest BCUT2D eigenvalue weighted by atomic mass is 19.1. The first-order chi connectivity index (χ1) is 11.1. The minimum absolute atomic E-state index is 0.0721. The SMILES string of the molecule is Cc1cc(NC(=O)N2CC[C@H](CN3CCCCC3)C2)ccc1F. The van der Waals surface area contributed by atoms with E-state index in [0.29, 0.717) is 17.2 Å². The van der Waals surface area contributed by atoms with Crippen molar-refractivity contribution >= 4 is 11.7 Å². The smallest absolute Gasteiger partial charge is 0.321 e. The second kappa shape index (κ2) is 7.30. The van der Waals surface area contributed by atoms with Crippen LogP contribution in [0.3, 0.4) is 0 Å². The molecule has 0 aromatic heterocycles. The van der Waals surface area contributed by atoms with E-state index >= 15 is 0 Å². The number of anilines is 1. The van der Waals surface area contributed by atoms with Gasteiger partial charge in [0.1, 0.15) is 5.82 Å². The lowest BCUT2D eigenvalue weighted by Gasteiger charge is -2.29. The summed E-state index contributed by atoms with van der Waals surface area (Å²) in [7, 11) is 0. The number of aryl methyl sites for hydroxylation is 1. The molecule has 126 valence electrons. The molecule has 1 N–H and O–H groups in total. The van der Waals surface area contributed by atoms with Crippen molar-refractivity contribution in [2.45, 2.75) is 32.6 Å². The van der Waals surface area contributed by atoms with Gasteiger partial charge in [0.05, 0.1) is 0 Å². The molecule has 2 heterocycles. The molecule has 3 rings (SSSR count). The normalized spacial score (nSPS) is 22.3. The maximum atomic E-state index is 13.3. The number of urea groups is 1. The highest BCUT2D eigenvalue weighted by Crippen LogP contribution is 2.21. The number of carbonyl (C=O) groups excluding carboxylic acids is 1. The molecule has 0 bridgehead atoms. The van der Waals surface area contributed by atoms with Gasteiger partial charge in [-0.2, -0.15) is 0 Å². The zero-order valence-corrected chi connectivity index (χ0v) is 13.9. The molecule has 1 aromatic carbocycles. The average molecular weight is 319 g/mol. The van der Waals surface area contributed by atoms with E-state index in [-0.39, 0.29) is 11.8 Å². The van der Waals surface area contributed by atoms with Crippen LogP contribution < -0.4 is 5.32 Å². The Balaban J connectivity index is 1.49. The topological polar surface area (TPSA) is 35.6 Å². The Bertz CT molecular complexity index is 557. The van der Waals surface area contributed by atoms with E-state index < -0.39 is 0 Å². The summed E-state index contributed by atoms with van der Waals surface area (Å²) in [6.45, 7) is 6.86. The molecule has 2 amide bonds. The first-order valence-corrected chi connectivity index (χ1v) is 8.66. The fraction of sp³-hybridized carbons (Fsp3) is 0.611. The predicted octanol–water partition coefficient (Wildman–Crippen LogP) is 3.47. The Hall–Kier alpha value is -1.62. The van der Waals surface area contributed by atoms with E-state index in [2.05, 4.69) is 10.2 Å². The summed E-state index contributed by atoms with van der Waals surface area (Å²) >= 11 is 0. The molecule has 2 aliphatic heterocycles. The Morgan fingerprint density at radius 3 is 2.78 bits per heavy atom. The summed E-state index contributed by atoms with van der Waals surface area (Å²) in [5, 5.41) is 2.88. The number of benzene rings is 1. The van der Waals surface area contributed by atoms with Crippen LogP contribution in [-0.4, -0.2) is 48.6 Å². The third kappa shape index (κ3) is 4.22. The minimum Gasteiger partial charge on any atom is -0.324 e. The van der Waals surface area contributed by atoms with Gasteiger partial charge in [-0.15, -0.1) is 0 Å². The van der Waals surface area contributed by atoms with Gasteiger partial charge < -0.3 is 15.1 Å². The van der Waals surface area contributed by atoms with Crippen LogP contribution >= 0.6 is 0 Å². The van der Waals surface area contributed by atoms with Gasteiger partial charge in [-0.1, -0.05) is 6.42 Å². The Kier molecular flexibility index (Phi) is 5.16. The Labute approximate surface area is 137 Å². The maximum absolute atomic E-state index is 13.3. The van der Waals surface area contributed by atoms with Crippen molar-refractivity contribution in [3.63, 3.8) is 0 Å². The predicted molar refractivity (Wildman–Crippen MR) is 90.1 cm³/mol. The molecule has 23 heavy (non-hydrogen) atoms. The lowest BCUT2D eigenvalue weighted by molar-refractivity contribution is 0.192. The summed E-state index contributed by atoms with van der Waals surface area (Å²) < 4.78 is 13.3. The van der Waals surface area contributed by atoms with Gasteiger partial charge in [0.15, 0.2) is 0 Å². The fourth-order valence-electron chi connectivity index (χ4n) is 3.60. The molecule has 2 saturated heterocycles. The van der Waals surface area contributed by atoms with Gasteiger partial charge in [0.25, 0.3) is 0 Å². The van der Waals surface area contributed by atoms with Crippen LogP contribution in [0.25, 0.3) is 0 Å². The molecule has 1 atom stereocenters. The highest BCUT2D eigenvalue weighted by Gasteiger charge is 2.28. The number of nitrogens with one attached hydrogen (secondary N) is 1. The molecule has 1 aromatic rings. The Morgan fingerprint density at radius 1 is 1.26 bits per heavy atom. The van der Waals surface area contributed by atoms with Crippen LogP contribution in [0.15, 0.2) is 18.2 Å². The molecule has 4 nitrogen and oxygen atoms in total. The number of rotatable bonds is 3. The molecule has 2 aliphatic rings. The van der Waals surface area contributed by atoms with Crippen molar-refractivity contribution in [3.05, 3.63) is 29.6 Å². The number of nitrogens with zero attached hydrogens (tertiary/aromatic N) is 2. The number of likely N-dealkylation sites (tertiary alicyclic amines) is 2. The number of hydrogen-bond acceptors (Lipinski definition) is 2. The number of amides is 2. The molecule has 2 fully saturated rings. The average Bonchev–Trinajstić information content (AvgIpc) is 3.00. The van der Waals surface area contributed by atoms with Crippen molar-refractivity contribution in [2.75, 3.05) is 38.0 Å². The molecule has 0 saturated carbocycles. The summed E-state index contributed by atoms with van der Waals surface area (Å²) in [5.41, 5.74) is 1.21. The van der Waals surface area contributed by atoms with Crippen molar-refractivity contribution < 1.29 is 9.18 Å². The van der Waals surface area contributed by atoms with Crippen molar-refractivity contribution in [3.8, 4) is 0 Å². The van der Waals surface area contributed by atoms with Crippen LogP contribution in [0.5, 0.6) is 0 Å². The number of halogens is 1. The van der Waals surface area contributed by atoms with E-state index in [1.165, 1.54) is 38.4 Å². The fourth-order valence-corrected chi connectivity index (χ4v) is 3.60. The van der Waals surface area contributed by atoms with Crippen LogP contribution in [0.1, 0.15) is 31.2 Å². The number of hydrogen-bond donors (Lipinski definition) is 1. The second-order valence-electron chi connectivity index (χ2n) is 6.86. The quantitative estimate of drug-likeness (QED) is 0.926. The van der Waals surface area contributed by atoms with Crippen LogP contribution in [0.2, 0.25) is 0 Å². The van der Waals surface area contributed by atoms with Gasteiger partial charge in [0, 0.05) is 25.3 Å². The van der Waals surface area contributed by atoms with Crippen molar-refractivity contribution in [2.24, 2.45) is 5.92 Å². The minimum atomic E-state index is -0.245. The van der Waals surface area contributed by atoms with Crippen molar-refractivity contribution in [1.82, 2.24) is 9.80 Å². The van der Waals surface area contributed by atoms with Crippen molar-refractivity contribution in [1.29, 1.82) is 0 Å². The van der Waals surface area contributed by atoms with Gasteiger partial charge in [-0.3, -0.25) is 0 Å². The number of piperidine rings is 1. The van der Waals surface area contributed by atoms with Gasteiger partial charge in [-0.05, 0) is 69.0 Å². The monoisotopic (exact) mass is 319 g/mol. The second-order valence-corrected chi connectivity index (χ2v) is 6.86. The van der Waals surface area contributed by atoms with Gasteiger partial charge >= 0.3 is 6.03 Å². The zero-order chi connectivity index (χ0) is 16.2. The molecule has 0 unspecified atom stereocenters. The van der Waals surface area contributed by atoms with E-state index in [9.17, 15) is 9.18 Å². The van der Waals surface area contributed by atoms with E-state index in [1.807, 2.05) is 4.90 Å². The molecule has 5 heteroatoms. The zero-order valence-electron chi connectivity index (χ0n) is 13.9. The highest BCUT2D eigenvalue weighted by molar-refractivity contribution is 5.89. The van der Waals surface area contributed by atoms with Gasteiger partial charge in [-0.25, -0.2) is 9.18 Å². The van der Waals surface area contributed by atoms with Crippen LogP contribution in [0, 0.1) is 18.7 Å². The molecule has 0 radical (unpaired) electrons. The van der Waals surface area contributed by atoms with Gasteiger partial charge in [0.2, 0.25) is 0 Å². The lowest BCUT2D eigenvalue weighted by Crippen LogP contribution is -2.37. The molecule has 0 aliphatic carbocycles. The number of carbonyl (C=O) groups is 1. The third-order valence-corrected chi connectivity index (χ3v) is 4.95. The lowest BCUT2D eigenvalue weighted by atomic mass is 10.1. The summed E-state index contributed by atoms with van der Waals surface area (Å²) in [5.74, 6) is 0.333. The first-order valence-electron chi connectivity index (χ1n) is 8.66. The molecular formula is C18H26FN3O. The van der Waals surface area contributed by atoms with Crippen LogP contribution in [0.4, 0.5) is 14.9 Å². The van der Waals surface area contributed by atoms with Crippen LogP contribution in [-0.2, 0) is 0 Å².